The zero-order valence-corrected chi connectivity index (χ0v) is 19.4. The van der Waals surface area contributed by atoms with E-state index in [2.05, 4.69) is 0 Å². The molecule has 0 aliphatic heterocycles. The summed E-state index contributed by atoms with van der Waals surface area (Å²) in [6.07, 6.45) is 3.29. The first-order valence-corrected chi connectivity index (χ1v) is 12.1. The minimum atomic E-state index is -0.377. The molecule has 0 radical (unpaired) electrons. The summed E-state index contributed by atoms with van der Waals surface area (Å²) in [5.41, 5.74) is 6.28. The van der Waals surface area contributed by atoms with Gasteiger partial charge in [0.25, 0.3) is 5.56 Å². The molecule has 33 heavy (non-hydrogen) atoms. The number of primary amides is 1. The maximum atomic E-state index is 13.4. The van der Waals surface area contributed by atoms with Crippen LogP contribution in [0.5, 0.6) is 5.75 Å². The average Bonchev–Trinajstić information content (AvgIpc) is 2.80. The number of fused-ring (bicyclic) bond motifs is 1. The Kier molecular flexibility index (Phi) is 7.21. The molecule has 3 aromatic rings. The third-order valence-corrected chi connectivity index (χ3v) is 6.99. The number of thioether (sulfide) groups is 1. The van der Waals surface area contributed by atoms with Crippen molar-refractivity contribution in [1.82, 2.24) is 9.55 Å². The van der Waals surface area contributed by atoms with Crippen LogP contribution in [0.4, 0.5) is 0 Å². The van der Waals surface area contributed by atoms with Crippen LogP contribution in [-0.2, 0) is 4.79 Å². The molecule has 2 aromatic carbocycles. The van der Waals surface area contributed by atoms with E-state index in [1.54, 1.807) is 28.8 Å². The van der Waals surface area contributed by atoms with Crippen LogP contribution in [-0.4, -0.2) is 27.3 Å². The molecule has 2 N–H and O–H groups in total. The third-order valence-electron chi connectivity index (χ3n) is 5.73. The lowest BCUT2D eigenvalue weighted by molar-refractivity contribution is -0.117. The largest absolute Gasteiger partial charge is 0.490 e. The summed E-state index contributed by atoms with van der Waals surface area (Å²) in [6, 6.07) is 14.4. The fourth-order valence-electron chi connectivity index (χ4n) is 4.07. The van der Waals surface area contributed by atoms with Crippen LogP contribution in [0, 0.1) is 11.3 Å². The number of nitrogens with two attached hydrogens (primary N) is 1. The first-order valence-electron chi connectivity index (χ1n) is 10.7. The molecule has 0 bridgehead atoms. The fraction of sp³-hybridized carbons (Fsp3) is 0.333. The summed E-state index contributed by atoms with van der Waals surface area (Å²) >= 11 is 7.50. The molecule has 0 saturated heterocycles. The number of hydrogen-bond donors (Lipinski definition) is 1. The van der Waals surface area contributed by atoms with Gasteiger partial charge in [-0.3, -0.25) is 14.2 Å². The third kappa shape index (κ3) is 5.32. The van der Waals surface area contributed by atoms with Gasteiger partial charge < -0.3 is 10.5 Å². The highest BCUT2D eigenvalue weighted by Gasteiger charge is 2.27. The summed E-state index contributed by atoms with van der Waals surface area (Å²) in [6.45, 7) is 0. The van der Waals surface area contributed by atoms with Crippen LogP contribution < -0.4 is 16.0 Å². The van der Waals surface area contributed by atoms with Gasteiger partial charge in [-0.1, -0.05) is 35.5 Å². The van der Waals surface area contributed by atoms with Gasteiger partial charge >= 0.3 is 0 Å². The predicted octanol–water partition coefficient (Wildman–Crippen LogP) is 4.45. The van der Waals surface area contributed by atoms with Gasteiger partial charge in [0.2, 0.25) is 5.91 Å². The van der Waals surface area contributed by atoms with Crippen LogP contribution in [0.25, 0.3) is 10.9 Å². The van der Waals surface area contributed by atoms with Crippen LogP contribution >= 0.6 is 23.4 Å². The number of aromatic nitrogens is 2. The molecule has 0 unspecified atom stereocenters. The average molecular weight is 483 g/mol. The Balaban J connectivity index is 1.52. The van der Waals surface area contributed by atoms with E-state index in [9.17, 15) is 9.59 Å². The molecule has 0 spiro atoms. The number of ether oxygens (including phenoxy) is 1. The summed E-state index contributed by atoms with van der Waals surface area (Å²) in [4.78, 5) is 29.3. The number of para-hydroxylation sites is 1. The molecule has 1 aliphatic rings. The first-order chi connectivity index (χ1) is 16.0. The second-order valence-corrected chi connectivity index (χ2v) is 9.42. The Labute approximate surface area is 200 Å². The Morgan fingerprint density at radius 1 is 1.24 bits per heavy atom. The standard InChI is InChI=1S/C24H23ClN4O3S/c25-20-13-18(8-5-15(20)14-26)32-17-9-6-16(7-10-17)29-23(31)19-3-1-2-4-21(19)28-24(29)33-12-11-22(27)30/h1-5,8,13,16-17H,6-7,9-12H2,(H2,27,30). The molecule has 170 valence electrons. The van der Waals surface area contributed by atoms with Gasteiger partial charge in [-0.15, -0.1) is 0 Å². The van der Waals surface area contributed by atoms with E-state index in [1.807, 2.05) is 24.3 Å². The SMILES string of the molecule is N#Cc1ccc(OC2CCC(n3c(SCCC(N)=O)nc4ccccc4c3=O)CC2)cc1Cl. The van der Waals surface area contributed by atoms with E-state index < -0.39 is 0 Å². The molecule has 7 nitrogen and oxygen atoms in total. The molecule has 1 aliphatic carbocycles. The number of rotatable bonds is 7. The van der Waals surface area contributed by atoms with Gasteiger partial charge in [0.05, 0.1) is 27.6 Å². The number of halogens is 1. The van der Waals surface area contributed by atoms with Crippen molar-refractivity contribution in [1.29, 1.82) is 5.26 Å². The number of amides is 1. The zero-order valence-electron chi connectivity index (χ0n) is 17.9. The Bertz CT molecular complexity index is 1280. The van der Waals surface area contributed by atoms with Crippen molar-refractivity contribution < 1.29 is 9.53 Å². The zero-order chi connectivity index (χ0) is 23.4. The van der Waals surface area contributed by atoms with E-state index >= 15 is 0 Å². The highest BCUT2D eigenvalue weighted by Crippen LogP contribution is 2.34. The molecule has 0 atom stereocenters. The monoisotopic (exact) mass is 482 g/mol. The van der Waals surface area contributed by atoms with Gasteiger partial charge in [0.15, 0.2) is 5.16 Å². The van der Waals surface area contributed by atoms with Crippen molar-refractivity contribution in [2.24, 2.45) is 5.73 Å². The van der Waals surface area contributed by atoms with E-state index in [1.165, 1.54) is 11.8 Å². The summed E-state index contributed by atoms with van der Waals surface area (Å²) in [5.74, 6) is 0.727. The number of nitriles is 1. The first kappa shape index (κ1) is 23.1. The Morgan fingerprint density at radius 3 is 2.70 bits per heavy atom. The van der Waals surface area contributed by atoms with Gasteiger partial charge in [0, 0.05) is 24.3 Å². The maximum Gasteiger partial charge on any atom is 0.262 e. The van der Waals surface area contributed by atoms with Gasteiger partial charge in [-0.05, 0) is 49.9 Å². The van der Waals surface area contributed by atoms with Crippen LogP contribution in [0.2, 0.25) is 5.02 Å². The quantitative estimate of drug-likeness (QED) is 0.393. The molecule has 9 heteroatoms. The van der Waals surface area contributed by atoms with Crippen molar-refractivity contribution in [3.63, 3.8) is 0 Å². The number of nitrogens with zero attached hydrogens (tertiary/aromatic N) is 3. The van der Waals surface area contributed by atoms with Gasteiger partial charge in [0.1, 0.15) is 11.8 Å². The van der Waals surface area contributed by atoms with E-state index in [4.69, 9.17) is 32.3 Å². The van der Waals surface area contributed by atoms with Crippen LogP contribution in [0.15, 0.2) is 52.4 Å². The Morgan fingerprint density at radius 2 is 2.00 bits per heavy atom. The molecule has 1 amide bonds. The summed E-state index contributed by atoms with van der Waals surface area (Å²) < 4.78 is 7.87. The van der Waals surface area contributed by atoms with Crippen molar-refractivity contribution >= 4 is 40.2 Å². The number of carbonyl (C=O) groups is 1. The van der Waals surface area contributed by atoms with E-state index in [0.717, 1.165) is 25.7 Å². The number of benzene rings is 2. The molecule has 4 rings (SSSR count). The van der Waals surface area contributed by atoms with Crippen molar-refractivity contribution in [2.45, 2.75) is 49.4 Å². The van der Waals surface area contributed by atoms with Gasteiger partial charge in [-0.2, -0.15) is 5.26 Å². The molecule has 1 aromatic heterocycles. The summed E-state index contributed by atoms with van der Waals surface area (Å²) in [7, 11) is 0. The molecule has 1 fully saturated rings. The predicted molar refractivity (Wildman–Crippen MR) is 129 cm³/mol. The van der Waals surface area contributed by atoms with Crippen LogP contribution in [0.1, 0.15) is 43.7 Å². The normalized spacial score (nSPS) is 18.1. The van der Waals surface area contributed by atoms with Crippen molar-refractivity contribution in [2.75, 3.05) is 5.75 Å². The maximum absolute atomic E-state index is 13.4. The second kappa shape index (κ2) is 10.3. The lowest BCUT2D eigenvalue weighted by Crippen LogP contribution is -2.33. The topological polar surface area (TPSA) is 111 Å². The van der Waals surface area contributed by atoms with Crippen molar-refractivity contribution in [3.8, 4) is 11.8 Å². The molecular weight excluding hydrogens is 460 g/mol. The highest BCUT2D eigenvalue weighted by molar-refractivity contribution is 7.99. The highest BCUT2D eigenvalue weighted by atomic mass is 35.5. The molecular formula is C24H23ClN4O3S. The number of carbonyl (C=O) groups excluding carboxylic acids is 1. The van der Waals surface area contributed by atoms with Gasteiger partial charge in [-0.25, -0.2) is 4.98 Å². The molecule has 1 heterocycles. The lowest BCUT2D eigenvalue weighted by Gasteiger charge is -2.31. The van der Waals surface area contributed by atoms with Crippen molar-refractivity contribution in [3.05, 3.63) is 63.4 Å². The minimum Gasteiger partial charge on any atom is -0.490 e. The number of hydrogen-bond acceptors (Lipinski definition) is 6. The minimum absolute atomic E-state index is 0.000310. The van der Waals surface area contributed by atoms with E-state index in [0.29, 0.717) is 38.1 Å². The smallest absolute Gasteiger partial charge is 0.262 e. The second-order valence-electron chi connectivity index (χ2n) is 7.95. The lowest BCUT2D eigenvalue weighted by atomic mass is 9.92. The summed E-state index contributed by atoms with van der Waals surface area (Å²) in [5, 5.41) is 10.6. The van der Waals surface area contributed by atoms with E-state index in [-0.39, 0.29) is 30.0 Å². The Hall–Kier alpha value is -3.02. The fourth-order valence-corrected chi connectivity index (χ4v) is 5.30. The van der Waals surface area contributed by atoms with Crippen LogP contribution in [0.3, 0.4) is 0 Å². The molecule has 1 saturated carbocycles.